The Hall–Kier alpha value is -3.55. The molecule has 0 amide bonds. The fourth-order valence-corrected chi connectivity index (χ4v) is 5.44. The summed E-state index contributed by atoms with van der Waals surface area (Å²) in [6, 6.07) is 4.26. The number of rotatable bonds is 5. The van der Waals surface area contributed by atoms with E-state index in [1.54, 1.807) is 0 Å². The minimum atomic E-state index is -2.05. The second kappa shape index (κ2) is 11.5. The number of hydrogen-bond donors (Lipinski definition) is 12. The molecule has 2 aliphatic rings. The van der Waals surface area contributed by atoms with Gasteiger partial charge >= 0.3 is 0 Å². The molecular formula is C27H30O16. The predicted molar refractivity (Wildman–Crippen MR) is 140 cm³/mol. The van der Waals surface area contributed by atoms with E-state index in [9.17, 15) is 66.1 Å². The van der Waals surface area contributed by atoms with Gasteiger partial charge in [-0.15, -0.1) is 0 Å². The Balaban J connectivity index is 1.82. The number of aliphatic hydroxyl groups excluding tert-OH is 8. The summed E-state index contributed by atoms with van der Waals surface area (Å²) in [7, 11) is 0. The summed E-state index contributed by atoms with van der Waals surface area (Å²) in [5, 5.41) is 124. The molecule has 5 rings (SSSR count). The van der Waals surface area contributed by atoms with Crippen LogP contribution in [0.4, 0.5) is 0 Å². The van der Waals surface area contributed by atoms with E-state index in [4.69, 9.17) is 13.9 Å². The van der Waals surface area contributed by atoms with Gasteiger partial charge in [-0.1, -0.05) is 0 Å². The molecule has 2 aliphatic heterocycles. The first-order valence-electron chi connectivity index (χ1n) is 13.0. The van der Waals surface area contributed by atoms with Crippen LogP contribution < -0.4 is 5.43 Å². The lowest BCUT2D eigenvalue weighted by molar-refractivity contribution is -0.234. The van der Waals surface area contributed by atoms with Crippen LogP contribution in [-0.4, -0.2) is 123 Å². The van der Waals surface area contributed by atoms with Crippen molar-refractivity contribution < 1.29 is 75.2 Å². The largest absolute Gasteiger partial charge is 0.507 e. The fraction of sp³-hybridized carbons (Fsp3) is 0.444. The quantitative estimate of drug-likeness (QED) is 0.131. The van der Waals surface area contributed by atoms with Crippen molar-refractivity contribution in [3.8, 4) is 34.3 Å². The maximum Gasteiger partial charge on any atom is 0.197 e. The molecule has 1 aromatic heterocycles. The zero-order chi connectivity index (χ0) is 31.5. The molecular weight excluding hydrogens is 580 g/mol. The van der Waals surface area contributed by atoms with Crippen molar-refractivity contribution in [2.24, 2.45) is 0 Å². The summed E-state index contributed by atoms with van der Waals surface area (Å²) in [6.45, 7) is -1.75. The van der Waals surface area contributed by atoms with Crippen molar-refractivity contribution >= 4 is 11.0 Å². The summed E-state index contributed by atoms with van der Waals surface area (Å²) in [5.74, 6) is -3.43. The average molecular weight is 611 g/mol. The Morgan fingerprint density at radius 1 is 0.628 bits per heavy atom. The number of phenols is 4. The van der Waals surface area contributed by atoms with E-state index in [2.05, 4.69) is 0 Å². The second-order valence-corrected chi connectivity index (χ2v) is 10.4. The number of benzene rings is 2. The molecule has 0 radical (unpaired) electrons. The van der Waals surface area contributed by atoms with E-state index in [1.807, 2.05) is 0 Å². The third kappa shape index (κ3) is 4.96. The molecule has 16 nitrogen and oxygen atoms in total. The average Bonchev–Trinajstić information content (AvgIpc) is 2.98. The SMILES string of the molecule is O=c1cc(-c2ccc(O)c(O)c2)oc2c([C@H]3O[C@H](CO)[C@H](O)[C@@H](O)[C@@H]3O)c(O)c([C@@H]3O[C@@H](CO)[C@@H](O)[C@H](O)[C@H]3O)c(O)c12. The zero-order valence-electron chi connectivity index (χ0n) is 22.0. The molecule has 10 atom stereocenters. The summed E-state index contributed by atoms with van der Waals surface area (Å²) in [6.07, 6.45) is -18.5. The van der Waals surface area contributed by atoms with Crippen molar-refractivity contribution in [1.29, 1.82) is 0 Å². The predicted octanol–water partition coefficient (Wildman–Crippen LogP) is -2.69. The molecule has 0 spiro atoms. The highest BCUT2D eigenvalue weighted by Crippen LogP contribution is 2.51. The monoisotopic (exact) mass is 610 g/mol. The summed E-state index contributed by atoms with van der Waals surface area (Å²) in [5.41, 5.74) is -2.97. The molecule has 234 valence electrons. The molecule has 43 heavy (non-hydrogen) atoms. The van der Waals surface area contributed by atoms with Gasteiger partial charge in [-0.2, -0.15) is 0 Å². The van der Waals surface area contributed by atoms with E-state index >= 15 is 0 Å². The van der Waals surface area contributed by atoms with Gasteiger partial charge in [-0.05, 0) is 18.2 Å². The minimum Gasteiger partial charge on any atom is -0.507 e. The van der Waals surface area contributed by atoms with Crippen LogP contribution in [0, 0.1) is 0 Å². The van der Waals surface area contributed by atoms with Crippen LogP contribution in [0.5, 0.6) is 23.0 Å². The number of fused-ring (bicyclic) bond motifs is 1. The lowest BCUT2D eigenvalue weighted by Crippen LogP contribution is -2.55. The van der Waals surface area contributed by atoms with E-state index in [0.717, 1.165) is 18.2 Å². The Kier molecular flexibility index (Phi) is 8.27. The number of aromatic hydroxyl groups is 4. The van der Waals surface area contributed by atoms with Crippen LogP contribution in [0.2, 0.25) is 0 Å². The highest BCUT2D eigenvalue weighted by Gasteiger charge is 2.50. The van der Waals surface area contributed by atoms with Gasteiger partial charge in [0, 0.05) is 11.6 Å². The first-order valence-corrected chi connectivity index (χ1v) is 13.0. The first-order chi connectivity index (χ1) is 20.3. The number of phenolic OH excluding ortho intramolecular Hbond substituents is 4. The Bertz CT molecular complexity index is 1570. The van der Waals surface area contributed by atoms with Crippen LogP contribution in [-0.2, 0) is 9.47 Å². The van der Waals surface area contributed by atoms with Crippen molar-refractivity contribution in [2.45, 2.75) is 61.0 Å². The van der Waals surface area contributed by atoms with Crippen LogP contribution in [0.25, 0.3) is 22.3 Å². The molecule has 0 unspecified atom stereocenters. The van der Waals surface area contributed by atoms with Crippen molar-refractivity contribution in [3.05, 3.63) is 45.6 Å². The fourth-order valence-electron chi connectivity index (χ4n) is 5.44. The van der Waals surface area contributed by atoms with Gasteiger partial charge < -0.3 is 75.2 Å². The molecule has 16 heteroatoms. The van der Waals surface area contributed by atoms with Crippen LogP contribution in [0.3, 0.4) is 0 Å². The van der Waals surface area contributed by atoms with Crippen molar-refractivity contribution in [3.63, 3.8) is 0 Å². The lowest BCUT2D eigenvalue weighted by Gasteiger charge is -2.42. The number of aliphatic hydroxyl groups is 8. The molecule has 2 fully saturated rings. The van der Waals surface area contributed by atoms with Gasteiger partial charge in [0.15, 0.2) is 22.5 Å². The van der Waals surface area contributed by atoms with Gasteiger partial charge in [0.2, 0.25) is 0 Å². The third-order valence-electron chi connectivity index (χ3n) is 7.81. The maximum absolute atomic E-state index is 13.5. The lowest BCUT2D eigenvalue weighted by atomic mass is 9.85. The molecule has 12 N–H and O–H groups in total. The Labute approximate surface area is 240 Å². The van der Waals surface area contributed by atoms with Crippen molar-refractivity contribution in [2.75, 3.05) is 13.2 Å². The molecule has 2 aromatic carbocycles. The van der Waals surface area contributed by atoms with Crippen LogP contribution in [0.1, 0.15) is 23.3 Å². The first kappa shape index (κ1) is 30.9. The molecule has 0 bridgehead atoms. The van der Waals surface area contributed by atoms with Gasteiger partial charge in [-0.25, -0.2) is 0 Å². The van der Waals surface area contributed by atoms with Gasteiger partial charge in [0.1, 0.15) is 83.7 Å². The van der Waals surface area contributed by atoms with E-state index in [0.29, 0.717) is 0 Å². The molecule has 3 heterocycles. The Morgan fingerprint density at radius 3 is 1.67 bits per heavy atom. The normalized spacial score (nSPS) is 33.1. The van der Waals surface area contributed by atoms with Crippen LogP contribution in [0.15, 0.2) is 33.5 Å². The standard InChI is InChI=1S/C27H30O16/c28-5-12-17(33)21(37)23(39)26(42-12)15-19(35)14-10(32)4-11(7-1-2-8(30)9(31)3-7)41-25(14)16(20(15)36)27-24(40)22(38)18(34)13(6-29)43-27/h1-4,12-13,17-18,21-24,26-31,33-40H,5-6H2/t12-,13+,17+,18-,21-,22+,23+,24-,26-,27+/m0/s1. The van der Waals surface area contributed by atoms with E-state index in [1.165, 1.54) is 6.07 Å². The van der Waals surface area contributed by atoms with Crippen LogP contribution >= 0.6 is 0 Å². The second-order valence-electron chi connectivity index (χ2n) is 10.4. The molecule has 3 aromatic rings. The Morgan fingerprint density at radius 2 is 1.16 bits per heavy atom. The smallest absolute Gasteiger partial charge is 0.197 e. The number of hydrogen-bond acceptors (Lipinski definition) is 16. The summed E-state index contributed by atoms with van der Waals surface area (Å²) in [4.78, 5) is 13.5. The van der Waals surface area contributed by atoms with Crippen molar-refractivity contribution in [1.82, 2.24) is 0 Å². The molecule has 2 saturated heterocycles. The molecule has 0 saturated carbocycles. The maximum atomic E-state index is 13.5. The number of ether oxygens (including phenoxy) is 2. The highest BCUT2D eigenvalue weighted by molar-refractivity contribution is 5.92. The zero-order valence-corrected chi connectivity index (χ0v) is 22.0. The van der Waals surface area contributed by atoms with Gasteiger partial charge in [0.25, 0.3) is 0 Å². The van der Waals surface area contributed by atoms with E-state index < -0.39 is 125 Å². The summed E-state index contributed by atoms with van der Waals surface area (Å²) >= 11 is 0. The molecule has 0 aliphatic carbocycles. The summed E-state index contributed by atoms with van der Waals surface area (Å²) < 4.78 is 16.9. The van der Waals surface area contributed by atoms with E-state index in [-0.39, 0.29) is 11.3 Å². The topological polar surface area (TPSA) is 291 Å². The third-order valence-corrected chi connectivity index (χ3v) is 7.81. The minimum absolute atomic E-state index is 0.0334. The van der Waals surface area contributed by atoms with Gasteiger partial charge in [-0.3, -0.25) is 4.79 Å². The highest BCUT2D eigenvalue weighted by atomic mass is 16.6. The van der Waals surface area contributed by atoms with Gasteiger partial charge in [0.05, 0.1) is 24.3 Å².